The maximum absolute atomic E-state index is 11.3. The molecule has 0 spiro atoms. The van der Waals surface area contributed by atoms with Gasteiger partial charge in [-0.05, 0) is 24.4 Å². The molecule has 1 aliphatic carbocycles. The third-order valence-electron chi connectivity index (χ3n) is 2.02. The van der Waals surface area contributed by atoms with Gasteiger partial charge in [0, 0.05) is 6.04 Å². The molecular formula is C8H11N3O2S. The predicted molar refractivity (Wildman–Crippen MR) is 54.5 cm³/mol. The van der Waals surface area contributed by atoms with E-state index in [2.05, 4.69) is 14.4 Å². The van der Waals surface area contributed by atoms with Gasteiger partial charge in [-0.15, -0.1) is 0 Å². The molecule has 0 atom stereocenters. The van der Waals surface area contributed by atoms with E-state index in [1.807, 2.05) is 0 Å². The molecule has 1 aliphatic rings. The van der Waals surface area contributed by atoms with Gasteiger partial charge in [0.15, 0.2) is 5.82 Å². The lowest BCUT2D eigenvalue weighted by Gasteiger charge is -2.03. The third-order valence-corrected chi connectivity index (χ3v) is 2.81. The van der Waals surface area contributed by atoms with Crippen LogP contribution in [-0.2, 0) is 4.74 Å². The molecule has 2 rings (SSSR count). The monoisotopic (exact) mass is 213 g/mol. The Balaban J connectivity index is 2.24. The molecule has 76 valence electrons. The Morgan fingerprint density at radius 3 is 3.00 bits per heavy atom. The van der Waals surface area contributed by atoms with Crippen LogP contribution < -0.4 is 11.1 Å². The number of carbonyl (C=O) groups excluding carboxylic acids is 1. The van der Waals surface area contributed by atoms with Crippen LogP contribution >= 0.6 is 11.5 Å². The quantitative estimate of drug-likeness (QED) is 0.735. The fraction of sp³-hybridized carbons (Fsp3) is 0.500. The van der Waals surface area contributed by atoms with Crippen molar-refractivity contribution in [2.75, 3.05) is 18.2 Å². The van der Waals surface area contributed by atoms with Gasteiger partial charge in [0.25, 0.3) is 0 Å². The molecule has 0 saturated heterocycles. The maximum Gasteiger partial charge on any atom is 0.344 e. The summed E-state index contributed by atoms with van der Waals surface area (Å²) in [5.74, 6) is -0.190. The zero-order chi connectivity index (χ0) is 10.1. The molecule has 5 nitrogen and oxygen atoms in total. The van der Waals surface area contributed by atoms with Crippen molar-refractivity contribution in [1.82, 2.24) is 4.37 Å². The van der Waals surface area contributed by atoms with Gasteiger partial charge in [-0.3, -0.25) is 0 Å². The van der Waals surface area contributed by atoms with E-state index in [-0.39, 0.29) is 5.82 Å². The van der Waals surface area contributed by atoms with Crippen molar-refractivity contribution >= 4 is 28.3 Å². The number of esters is 1. The van der Waals surface area contributed by atoms with Gasteiger partial charge in [0.05, 0.1) is 7.11 Å². The molecule has 1 saturated carbocycles. The summed E-state index contributed by atoms with van der Waals surface area (Å²) in [5.41, 5.74) is 5.94. The van der Waals surface area contributed by atoms with Crippen LogP contribution in [0.2, 0.25) is 0 Å². The molecular weight excluding hydrogens is 202 g/mol. The largest absolute Gasteiger partial charge is 0.465 e. The summed E-state index contributed by atoms with van der Waals surface area (Å²) in [5, 5.41) is 3.92. The van der Waals surface area contributed by atoms with E-state index in [9.17, 15) is 4.79 Å². The minimum Gasteiger partial charge on any atom is -0.465 e. The SMILES string of the molecule is COC(=O)c1c(N)nsc1NC1CC1. The minimum absolute atomic E-state index is 0.241. The number of methoxy groups -OCH3 is 1. The number of aromatic nitrogens is 1. The van der Waals surface area contributed by atoms with Crippen LogP contribution in [0.15, 0.2) is 0 Å². The Hall–Kier alpha value is -1.30. The van der Waals surface area contributed by atoms with Gasteiger partial charge >= 0.3 is 5.97 Å². The minimum atomic E-state index is -0.431. The average molecular weight is 213 g/mol. The van der Waals surface area contributed by atoms with Crippen molar-refractivity contribution in [3.05, 3.63) is 5.56 Å². The molecule has 0 aliphatic heterocycles. The van der Waals surface area contributed by atoms with Crippen LogP contribution in [0, 0.1) is 0 Å². The number of carbonyl (C=O) groups is 1. The van der Waals surface area contributed by atoms with Gasteiger partial charge in [-0.1, -0.05) is 0 Å². The first-order chi connectivity index (χ1) is 6.72. The highest BCUT2D eigenvalue weighted by Gasteiger charge is 2.26. The van der Waals surface area contributed by atoms with Gasteiger partial charge in [0.1, 0.15) is 10.6 Å². The molecule has 0 unspecified atom stereocenters. The van der Waals surface area contributed by atoms with Gasteiger partial charge < -0.3 is 15.8 Å². The van der Waals surface area contributed by atoms with E-state index >= 15 is 0 Å². The van der Waals surface area contributed by atoms with E-state index in [1.54, 1.807) is 0 Å². The summed E-state index contributed by atoms with van der Waals surface area (Å²) in [6.07, 6.45) is 2.27. The van der Waals surface area contributed by atoms with Gasteiger partial charge in [-0.25, -0.2) is 4.79 Å². The first kappa shape index (κ1) is 9.26. The number of hydrogen-bond donors (Lipinski definition) is 2. The number of anilines is 2. The molecule has 3 N–H and O–H groups in total. The van der Waals surface area contributed by atoms with E-state index in [0.717, 1.165) is 17.8 Å². The molecule has 1 heterocycles. The lowest BCUT2D eigenvalue weighted by Crippen LogP contribution is -2.08. The highest BCUT2D eigenvalue weighted by atomic mass is 32.1. The van der Waals surface area contributed by atoms with Crippen molar-refractivity contribution in [3.8, 4) is 0 Å². The van der Waals surface area contributed by atoms with Crippen LogP contribution in [-0.4, -0.2) is 23.5 Å². The molecule has 0 aromatic carbocycles. The van der Waals surface area contributed by atoms with Crippen molar-refractivity contribution in [1.29, 1.82) is 0 Å². The van der Waals surface area contributed by atoms with E-state index in [1.165, 1.54) is 18.6 Å². The van der Waals surface area contributed by atoms with Gasteiger partial charge in [0.2, 0.25) is 0 Å². The highest BCUT2D eigenvalue weighted by molar-refractivity contribution is 7.11. The summed E-state index contributed by atoms with van der Waals surface area (Å²) < 4.78 is 8.55. The van der Waals surface area contributed by atoms with Crippen molar-refractivity contribution in [3.63, 3.8) is 0 Å². The van der Waals surface area contributed by atoms with Crippen LogP contribution in [0.3, 0.4) is 0 Å². The Labute approximate surface area is 85.4 Å². The van der Waals surface area contributed by atoms with E-state index in [4.69, 9.17) is 5.73 Å². The number of hydrogen-bond acceptors (Lipinski definition) is 6. The zero-order valence-corrected chi connectivity index (χ0v) is 8.56. The second-order valence-electron chi connectivity index (χ2n) is 3.18. The topological polar surface area (TPSA) is 77.2 Å². The average Bonchev–Trinajstić information content (AvgIpc) is 2.90. The van der Waals surface area contributed by atoms with Crippen molar-refractivity contribution in [2.45, 2.75) is 18.9 Å². The Morgan fingerprint density at radius 2 is 2.43 bits per heavy atom. The van der Waals surface area contributed by atoms with E-state index in [0.29, 0.717) is 11.6 Å². The van der Waals surface area contributed by atoms with Crippen LogP contribution in [0.1, 0.15) is 23.2 Å². The van der Waals surface area contributed by atoms with Crippen molar-refractivity contribution in [2.24, 2.45) is 0 Å². The Kier molecular flexibility index (Phi) is 2.28. The third kappa shape index (κ3) is 1.65. The second-order valence-corrected chi connectivity index (χ2v) is 3.96. The number of nitrogens with two attached hydrogens (primary N) is 1. The first-order valence-corrected chi connectivity index (χ1v) is 5.09. The first-order valence-electron chi connectivity index (χ1n) is 4.32. The summed E-state index contributed by atoms with van der Waals surface area (Å²) in [6.45, 7) is 0. The Morgan fingerprint density at radius 1 is 1.71 bits per heavy atom. The molecule has 0 amide bonds. The summed E-state index contributed by atoms with van der Waals surface area (Å²) in [4.78, 5) is 11.3. The molecule has 1 aromatic heterocycles. The predicted octanol–water partition coefficient (Wildman–Crippen LogP) is 1.09. The van der Waals surface area contributed by atoms with Crippen LogP contribution in [0.5, 0.6) is 0 Å². The maximum atomic E-state index is 11.3. The zero-order valence-electron chi connectivity index (χ0n) is 7.74. The summed E-state index contributed by atoms with van der Waals surface area (Å²) in [6, 6.07) is 0.471. The Bertz CT molecular complexity index is 359. The molecule has 6 heteroatoms. The molecule has 1 fully saturated rings. The fourth-order valence-electron chi connectivity index (χ4n) is 1.11. The van der Waals surface area contributed by atoms with Crippen molar-refractivity contribution < 1.29 is 9.53 Å². The van der Waals surface area contributed by atoms with Crippen LogP contribution in [0.25, 0.3) is 0 Å². The second kappa shape index (κ2) is 3.45. The number of nitrogens with one attached hydrogen (secondary N) is 1. The molecule has 1 aromatic rings. The highest BCUT2D eigenvalue weighted by Crippen LogP contribution is 2.32. The molecule has 0 radical (unpaired) electrons. The lowest BCUT2D eigenvalue weighted by atomic mass is 10.3. The molecule has 14 heavy (non-hydrogen) atoms. The van der Waals surface area contributed by atoms with Crippen LogP contribution in [0.4, 0.5) is 10.8 Å². The number of ether oxygens (including phenoxy) is 1. The van der Waals surface area contributed by atoms with E-state index < -0.39 is 5.97 Å². The number of nitrogen functional groups attached to an aromatic ring is 1. The summed E-state index contributed by atoms with van der Waals surface area (Å²) >= 11 is 1.20. The molecule has 0 bridgehead atoms. The fourth-order valence-corrected chi connectivity index (χ4v) is 1.89. The summed E-state index contributed by atoms with van der Waals surface area (Å²) in [7, 11) is 1.33. The number of nitrogens with zero attached hydrogens (tertiary/aromatic N) is 1. The number of rotatable bonds is 3. The van der Waals surface area contributed by atoms with Gasteiger partial charge in [-0.2, -0.15) is 4.37 Å². The normalized spacial score (nSPS) is 15.2. The lowest BCUT2D eigenvalue weighted by molar-refractivity contribution is 0.0603. The standard InChI is InChI=1S/C8H11N3O2S/c1-13-8(12)5-6(9)11-14-7(5)10-4-2-3-4/h4,10H,2-3H2,1H3,(H2,9,11). The smallest absolute Gasteiger partial charge is 0.344 e.